The molecule has 3 heterocycles. The Hall–Kier alpha value is -1.98. The quantitative estimate of drug-likeness (QED) is 0.318. The Morgan fingerprint density at radius 3 is 2.50 bits per heavy atom. The van der Waals surface area contributed by atoms with E-state index in [4.69, 9.17) is 13.6 Å². The number of esters is 1. The lowest BCUT2D eigenvalue weighted by molar-refractivity contribution is -0.155. The molecule has 192 valence electrons. The van der Waals surface area contributed by atoms with E-state index in [1.165, 1.54) is 0 Å². The van der Waals surface area contributed by atoms with Crippen molar-refractivity contribution in [2.45, 2.75) is 116 Å². The second-order valence-electron chi connectivity index (χ2n) is 11.9. The van der Waals surface area contributed by atoms with Crippen molar-refractivity contribution in [3.8, 4) is 0 Å². The number of carbonyl (C=O) groups excluding carboxylic acids is 2. The molecule has 0 spiro atoms. The smallest absolute Gasteiger partial charge is 0.344 e. The molecule has 0 aliphatic carbocycles. The summed E-state index contributed by atoms with van der Waals surface area (Å²) in [7, 11) is -2.12. The van der Waals surface area contributed by atoms with Gasteiger partial charge in [0, 0.05) is 13.0 Å². The molecule has 1 aromatic rings. The molecule has 3 atom stereocenters. The number of hydrogen-bond acceptors (Lipinski definition) is 8. The summed E-state index contributed by atoms with van der Waals surface area (Å²) in [4.78, 5) is 26.2. The second-order valence-corrected chi connectivity index (χ2v) is 16.6. The second kappa shape index (κ2) is 9.58. The summed E-state index contributed by atoms with van der Waals surface area (Å²) in [6.07, 6.45) is 2.13. The van der Waals surface area contributed by atoms with Crippen LogP contribution in [0.25, 0.3) is 0 Å². The molecule has 3 rings (SSSR count). The number of nitrogens with zero attached hydrogens (tertiary/aromatic N) is 4. The van der Waals surface area contributed by atoms with E-state index in [0.717, 1.165) is 5.06 Å². The Labute approximate surface area is 203 Å². The van der Waals surface area contributed by atoms with Crippen molar-refractivity contribution in [3.05, 3.63) is 11.8 Å². The molecule has 2 amide bonds. The number of fused-ring (bicyclic) bond motifs is 2. The standard InChI is InChI=1S/C23H40N4O6Si/c1-22(2,3)32-19(28)12-10-16(33-34(7,8)23(4,5)6)13-18-24-25-20(31-18)17-11-9-15-14-26(17)21(29)27(15)30/h15-17,30H,9-14H2,1-8H3/t15-,16?,17+/m1/s1. The highest BCUT2D eigenvalue weighted by Gasteiger charge is 2.46. The third-order valence-electron chi connectivity index (χ3n) is 6.87. The van der Waals surface area contributed by atoms with Crippen molar-refractivity contribution in [1.82, 2.24) is 20.2 Å². The fourth-order valence-electron chi connectivity index (χ4n) is 4.05. The molecule has 1 N–H and O–H groups in total. The Bertz CT molecular complexity index is 891. The maximum atomic E-state index is 12.3. The molecule has 2 saturated heterocycles. The van der Waals surface area contributed by atoms with Gasteiger partial charge in [-0.3, -0.25) is 10.0 Å². The van der Waals surface area contributed by atoms with Gasteiger partial charge in [-0.25, -0.2) is 9.86 Å². The lowest BCUT2D eigenvalue weighted by Crippen LogP contribution is -2.44. The van der Waals surface area contributed by atoms with Crippen molar-refractivity contribution in [1.29, 1.82) is 0 Å². The van der Waals surface area contributed by atoms with E-state index < -0.39 is 19.9 Å². The molecule has 0 aromatic carbocycles. The normalized spacial score (nSPS) is 22.3. The maximum Gasteiger partial charge on any atom is 0.344 e. The zero-order chi connectivity index (χ0) is 25.5. The number of hydrogen-bond donors (Lipinski definition) is 1. The summed E-state index contributed by atoms with van der Waals surface area (Å²) in [5.74, 6) is 0.522. The highest BCUT2D eigenvalue weighted by molar-refractivity contribution is 6.74. The number of rotatable bonds is 8. The van der Waals surface area contributed by atoms with E-state index in [1.54, 1.807) is 4.90 Å². The molecule has 11 heteroatoms. The van der Waals surface area contributed by atoms with Gasteiger partial charge >= 0.3 is 12.0 Å². The van der Waals surface area contributed by atoms with E-state index >= 15 is 0 Å². The Balaban J connectivity index is 1.71. The summed E-state index contributed by atoms with van der Waals surface area (Å²) in [6, 6.07) is -0.950. The number of carbonyl (C=O) groups is 2. The lowest BCUT2D eigenvalue weighted by atomic mass is 10.0. The van der Waals surface area contributed by atoms with Crippen LogP contribution in [-0.2, 0) is 20.4 Å². The van der Waals surface area contributed by atoms with E-state index in [2.05, 4.69) is 44.1 Å². The van der Waals surface area contributed by atoms with Crippen LogP contribution in [0.15, 0.2) is 4.42 Å². The first kappa shape index (κ1) is 26.6. The van der Waals surface area contributed by atoms with Crippen LogP contribution in [0, 0.1) is 0 Å². The van der Waals surface area contributed by atoms with Gasteiger partial charge in [-0.2, -0.15) is 0 Å². The molecular weight excluding hydrogens is 456 g/mol. The molecule has 2 bridgehead atoms. The fraction of sp³-hybridized carbons (Fsp3) is 0.826. The molecule has 2 aliphatic heterocycles. The number of hydroxylamine groups is 2. The Kier molecular flexibility index (Phi) is 7.50. The van der Waals surface area contributed by atoms with Gasteiger partial charge in [0.05, 0.1) is 18.6 Å². The molecule has 0 saturated carbocycles. The third kappa shape index (κ3) is 6.17. The minimum atomic E-state index is -2.12. The molecule has 34 heavy (non-hydrogen) atoms. The minimum absolute atomic E-state index is 0.00208. The van der Waals surface area contributed by atoms with Gasteiger partial charge in [0.25, 0.3) is 0 Å². The van der Waals surface area contributed by atoms with Gasteiger partial charge in [-0.15, -0.1) is 10.2 Å². The Morgan fingerprint density at radius 1 is 1.21 bits per heavy atom. The summed E-state index contributed by atoms with van der Waals surface area (Å²) in [5, 5.41) is 19.2. The van der Waals surface area contributed by atoms with Crippen LogP contribution in [-0.4, -0.2) is 70.0 Å². The van der Waals surface area contributed by atoms with Crippen molar-refractivity contribution < 1.29 is 28.4 Å². The molecule has 0 radical (unpaired) electrons. The first-order valence-electron chi connectivity index (χ1n) is 12.1. The van der Waals surface area contributed by atoms with E-state index in [1.807, 2.05) is 20.8 Å². The van der Waals surface area contributed by atoms with E-state index in [9.17, 15) is 14.8 Å². The first-order chi connectivity index (χ1) is 15.6. The largest absolute Gasteiger partial charge is 0.460 e. The van der Waals surface area contributed by atoms with E-state index in [0.29, 0.717) is 44.0 Å². The zero-order valence-electron chi connectivity index (χ0n) is 21.8. The highest BCUT2D eigenvalue weighted by Crippen LogP contribution is 2.39. The molecule has 2 aliphatic rings. The van der Waals surface area contributed by atoms with Gasteiger partial charge in [-0.1, -0.05) is 20.8 Å². The number of aromatic nitrogens is 2. The molecule has 1 unspecified atom stereocenters. The van der Waals surface area contributed by atoms with Gasteiger partial charge < -0.3 is 18.5 Å². The lowest BCUT2D eigenvalue weighted by Gasteiger charge is -2.39. The number of urea groups is 1. The number of amides is 2. The zero-order valence-corrected chi connectivity index (χ0v) is 22.8. The molecule has 10 nitrogen and oxygen atoms in total. The van der Waals surface area contributed by atoms with Gasteiger partial charge in [0.2, 0.25) is 11.8 Å². The highest BCUT2D eigenvalue weighted by atomic mass is 28.4. The minimum Gasteiger partial charge on any atom is -0.460 e. The van der Waals surface area contributed by atoms with Crippen molar-refractivity contribution in [2.75, 3.05) is 6.54 Å². The van der Waals surface area contributed by atoms with Crippen LogP contribution in [0.3, 0.4) is 0 Å². The van der Waals surface area contributed by atoms with Crippen LogP contribution in [0.1, 0.15) is 85.0 Å². The van der Waals surface area contributed by atoms with Crippen molar-refractivity contribution in [3.63, 3.8) is 0 Å². The molecular formula is C23H40N4O6Si. The van der Waals surface area contributed by atoms with Crippen molar-refractivity contribution in [2.24, 2.45) is 0 Å². The van der Waals surface area contributed by atoms with Crippen LogP contribution in [0.4, 0.5) is 4.79 Å². The first-order valence-corrected chi connectivity index (χ1v) is 15.0. The summed E-state index contributed by atoms with van der Waals surface area (Å²) in [5.41, 5.74) is -0.537. The number of piperidine rings is 1. The summed E-state index contributed by atoms with van der Waals surface area (Å²) < 4.78 is 18.1. The monoisotopic (exact) mass is 496 g/mol. The average Bonchev–Trinajstić information content (AvgIpc) is 3.23. The molecule has 1 aromatic heterocycles. The maximum absolute atomic E-state index is 12.3. The predicted molar refractivity (Wildman–Crippen MR) is 127 cm³/mol. The number of ether oxygens (including phenoxy) is 1. The third-order valence-corrected chi connectivity index (χ3v) is 11.4. The Morgan fingerprint density at radius 2 is 1.88 bits per heavy atom. The summed E-state index contributed by atoms with van der Waals surface area (Å²) >= 11 is 0. The van der Waals surface area contributed by atoms with Crippen LogP contribution < -0.4 is 0 Å². The van der Waals surface area contributed by atoms with Crippen molar-refractivity contribution >= 4 is 20.3 Å². The van der Waals surface area contributed by atoms with Gasteiger partial charge in [-0.05, 0) is 58.2 Å². The van der Waals surface area contributed by atoms with Crippen LogP contribution >= 0.6 is 0 Å². The van der Waals surface area contributed by atoms with Crippen LogP contribution in [0.5, 0.6) is 0 Å². The topological polar surface area (TPSA) is 118 Å². The predicted octanol–water partition coefficient (Wildman–Crippen LogP) is 4.45. The van der Waals surface area contributed by atoms with Gasteiger partial charge in [0.15, 0.2) is 8.32 Å². The SMILES string of the molecule is CC(C)(C)OC(=O)CCC(Cc1nnc([C@@H]2CC[C@@H]3CN2C(=O)N3O)o1)O[Si](C)(C)C(C)(C)C. The average molecular weight is 497 g/mol. The molecule has 2 fully saturated rings. The summed E-state index contributed by atoms with van der Waals surface area (Å²) in [6.45, 7) is 16.9. The van der Waals surface area contributed by atoms with Crippen LogP contribution in [0.2, 0.25) is 18.1 Å². The fourth-order valence-corrected chi connectivity index (χ4v) is 5.44. The van der Waals surface area contributed by atoms with Gasteiger partial charge in [0.1, 0.15) is 11.6 Å². The van der Waals surface area contributed by atoms with E-state index in [-0.39, 0.29) is 35.6 Å².